The first-order valence-electron chi connectivity index (χ1n) is 10.3. The van der Waals surface area contributed by atoms with Gasteiger partial charge < -0.3 is 14.4 Å². The van der Waals surface area contributed by atoms with Crippen LogP contribution in [0.15, 0.2) is 18.0 Å². The number of methoxy groups -OCH3 is 1. The Morgan fingerprint density at radius 2 is 2.04 bits per heavy atom. The van der Waals surface area contributed by atoms with Gasteiger partial charge in [-0.15, -0.1) is 0 Å². The first kappa shape index (κ1) is 18.5. The highest BCUT2D eigenvalue weighted by Gasteiger charge is 2.43. The predicted octanol–water partition coefficient (Wildman–Crippen LogP) is 2.99. The second kappa shape index (κ2) is 7.66. The number of aryl methyl sites for hydroxylation is 1. The maximum Gasteiger partial charge on any atom is 0.229 e. The molecule has 1 saturated carbocycles. The van der Waals surface area contributed by atoms with Gasteiger partial charge in [0.1, 0.15) is 0 Å². The van der Waals surface area contributed by atoms with Gasteiger partial charge in [-0.3, -0.25) is 9.89 Å². The Hall–Kier alpha value is -1.82. The molecule has 0 aromatic carbocycles. The van der Waals surface area contributed by atoms with E-state index < -0.39 is 0 Å². The number of rotatable bonds is 6. The SMILES string of the molecule is COC1C=C(OC(C)C)CCC1C(=O)N(C1CC1)C1CCc2[nH]ncc2C1. The van der Waals surface area contributed by atoms with E-state index in [0.29, 0.717) is 6.04 Å². The summed E-state index contributed by atoms with van der Waals surface area (Å²) < 4.78 is 11.6. The molecule has 3 aliphatic rings. The van der Waals surface area contributed by atoms with E-state index in [4.69, 9.17) is 9.47 Å². The molecule has 1 fully saturated rings. The van der Waals surface area contributed by atoms with Crippen molar-refractivity contribution in [3.8, 4) is 0 Å². The fourth-order valence-electron chi connectivity index (χ4n) is 4.58. The normalized spacial score (nSPS) is 27.9. The monoisotopic (exact) mass is 373 g/mol. The number of nitrogens with zero attached hydrogens (tertiary/aromatic N) is 2. The van der Waals surface area contributed by atoms with Crippen molar-refractivity contribution in [2.24, 2.45) is 5.92 Å². The second-order valence-electron chi connectivity index (χ2n) is 8.39. The molecule has 3 unspecified atom stereocenters. The number of nitrogens with one attached hydrogen (secondary N) is 1. The number of ether oxygens (including phenoxy) is 2. The third-order valence-corrected chi connectivity index (χ3v) is 6.00. The Labute approximate surface area is 161 Å². The lowest BCUT2D eigenvalue weighted by Gasteiger charge is -2.39. The molecule has 6 heteroatoms. The molecule has 1 N–H and O–H groups in total. The zero-order chi connectivity index (χ0) is 19.0. The highest BCUT2D eigenvalue weighted by Crippen LogP contribution is 2.37. The van der Waals surface area contributed by atoms with Crippen molar-refractivity contribution in [2.75, 3.05) is 7.11 Å². The molecular formula is C21H31N3O3. The number of hydrogen-bond acceptors (Lipinski definition) is 4. The molecule has 3 atom stereocenters. The van der Waals surface area contributed by atoms with E-state index in [0.717, 1.165) is 50.7 Å². The highest BCUT2D eigenvalue weighted by atomic mass is 16.5. The van der Waals surface area contributed by atoms with Crippen molar-refractivity contribution in [2.45, 2.75) is 83.1 Å². The summed E-state index contributed by atoms with van der Waals surface area (Å²) in [6.07, 6.45) is 10.7. The summed E-state index contributed by atoms with van der Waals surface area (Å²) in [6.45, 7) is 4.06. The Morgan fingerprint density at radius 3 is 2.74 bits per heavy atom. The number of hydrogen-bond donors (Lipinski definition) is 1. The molecule has 148 valence electrons. The molecule has 1 aromatic rings. The number of aromatic amines is 1. The molecule has 0 spiro atoms. The summed E-state index contributed by atoms with van der Waals surface area (Å²) in [6, 6.07) is 0.690. The van der Waals surface area contributed by atoms with Crippen LogP contribution in [-0.4, -0.2) is 52.4 Å². The molecular weight excluding hydrogens is 342 g/mol. The zero-order valence-electron chi connectivity index (χ0n) is 16.6. The quantitative estimate of drug-likeness (QED) is 0.832. The van der Waals surface area contributed by atoms with Gasteiger partial charge in [0.15, 0.2) is 0 Å². The van der Waals surface area contributed by atoms with Crippen LogP contribution >= 0.6 is 0 Å². The number of amides is 1. The molecule has 27 heavy (non-hydrogen) atoms. The molecule has 1 aromatic heterocycles. The summed E-state index contributed by atoms with van der Waals surface area (Å²) in [5.41, 5.74) is 2.50. The molecule has 0 saturated heterocycles. The van der Waals surface area contributed by atoms with E-state index in [9.17, 15) is 4.79 Å². The van der Waals surface area contributed by atoms with Gasteiger partial charge in [0.05, 0.1) is 30.1 Å². The lowest BCUT2D eigenvalue weighted by atomic mass is 9.86. The van der Waals surface area contributed by atoms with Gasteiger partial charge in [0, 0.05) is 31.3 Å². The largest absolute Gasteiger partial charge is 0.496 e. The molecule has 0 bridgehead atoms. The number of allylic oxidation sites excluding steroid dienone is 1. The summed E-state index contributed by atoms with van der Waals surface area (Å²) in [5.74, 6) is 1.11. The highest BCUT2D eigenvalue weighted by molar-refractivity contribution is 5.81. The van der Waals surface area contributed by atoms with Crippen molar-refractivity contribution >= 4 is 5.91 Å². The van der Waals surface area contributed by atoms with Crippen LogP contribution in [0.25, 0.3) is 0 Å². The molecule has 1 amide bonds. The number of carbonyl (C=O) groups is 1. The minimum absolute atomic E-state index is 0.110. The van der Waals surface area contributed by atoms with E-state index in [1.807, 2.05) is 26.1 Å². The average Bonchev–Trinajstić information content (AvgIpc) is 3.37. The van der Waals surface area contributed by atoms with Crippen LogP contribution < -0.4 is 0 Å². The van der Waals surface area contributed by atoms with Crippen LogP contribution in [0.1, 0.15) is 57.2 Å². The van der Waals surface area contributed by atoms with Crippen LogP contribution in [0.2, 0.25) is 0 Å². The molecule has 3 aliphatic carbocycles. The van der Waals surface area contributed by atoms with Crippen molar-refractivity contribution < 1.29 is 14.3 Å². The van der Waals surface area contributed by atoms with Crippen LogP contribution in [0.4, 0.5) is 0 Å². The van der Waals surface area contributed by atoms with E-state index in [-0.39, 0.29) is 30.1 Å². The number of H-pyrrole nitrogens is 1. The first-order valence-corrected chi connectivity index (χ1v) is 10.3. The molecule has 4 rings (SSSR count). The molecule has 0 aliphatic heterocycles. The topological polar surface area (TPSA) is 67.5 Å². The molecule has 1 heterocycles. The van der Waals surface area contributed by atoms with E-state index in [2.05, 4.69) is 15.1 Å². The third-order valence-electron chi connectivity index (χ3n) is 6.00. The van der Waals surface area contributed by atoms with Crippen molar-refractivity contribution in [3.63, 3.8) is 0 Å². The van der Waals surface area contributed by atoms with Gasteiger partial charge in [0.2, 0.25) is 5.91 Å². The maximum atomic E-state index is 13.6. The summed E-state index contributed by atoms with van der Waals surface area (Å²) in [4.78, 5) is 15.8. The minimum Gasteiger partial charge on any atom is -0.496 e. The Bertz CT molecular complexity index is 707. The Balaban J connectivity index is 1.50. The summed E-state index contributed by atoms with van der Waals surface area (Å²) in [5, 5.41) is 7.28. The fraction of sp³-hybridized carbons (Fsp3) is 0.714. The van der Waals surface area contributed by atoms with E-state index in [1.165, 1.54) is 11.3 Å². The minimum atomic E-state index is -0.200. The molecule has 6 nitrogen and oxygen atoms in total. The van der Waals surface area contributed by atoms with Gasteiger partial charge in [0.25, 0.3) is 0 Å². The Morgan fingerprint density at radius 1 is 1.22 bits per heavy atom. The summed E-state index contributed by atoms with van der Waals surface area (Å²) >= 11 is 0. The van der Waals surface area contributed by atoms with Crippen LogP contribution in [-0.2, 0) is 27.1 Å². The van der Waals surface area contributed by atoms with Crippen LogP contribution in [0, 0.1) is 5.92 Å². The average molecular weight is 373 g/mol. The van der Waals surface area contributed by atoms with Gasteiger partial charge in [-0.05, 0) is 64.0 Å². The number of aromatic nitrogens is 2. The molecule has 0 radical (unpaired) electrons. The fourth-order valence-corrected chi connectivity index (χ4v) is 4.58. The maximum absolute atomic E-state index is 13.6. The predicted molar refractivity (Wildman–Crippen MR) is 102 cm³/mol. The number of carbonyl (C=O) groups excluding carboxylic acids is 1. The van der Waals surface area contributed by atoms with Gasteiger partial charge in [-0.25, -0.2) is 0 Å². The van der Waals surface area contributed by atoms with Gasteiger partial charge in [-0.2, -0.15) is 5.10 Å². The lowest BCUT2D eigenvalue weighted by molar-refractivity contribution is -0.143. The van der Waals surface area contributed by atoms with E-state index in [1.54, 1.807) is 7.11 Å². The van der Waals surface area contributed by atoms with Crippen LogP contribution in [0.5, 0.6) is 0 Å². The van der Waals surface area contributed by atoms with E-state index >= 15 is 0 Å². The van der Waals surface area contributed by atoms with Crippen molar-refractivity contribution in [1.29, 1.82) is 0 Å². The Kier molecular flexibility index (Phi) is 5.26. The van der Waals surface area contributed by atoms with Gasteiger partial charge in [-0.1, -0.05) is 0 Å². The smallest absolute Gasteiger partial charge is 0.229 e. The number of fused-ring (bicyclic) bond motifs is 1. The second-order valence-corrected chi connectivity index (χ2v) is 8.39. The summed E-state index contributed by atoms with van der Waals surface area (Å²) in [7, 11) is 1.69. The van der Waals surface area contributed by atoms with Crippen molar-refractivity contribution in [1.82, 2.24) is 15.1 Å². The van der Waals surface area contributed by atoms with Crippen LogP contribution in [0.3, 0.4) is 0 Å². The standard InChI is InChI=1S/C21H31N3O3/c1-13(2)27-17-7-8-18(20(11-17)26-3)21(25)24(15-4-5-15)16-6-9-19-14(10-16)12-22-23-19/h11-13,15-16,18,20H,4-10H2,1-3H3,(H,22,23). The van der Waals surface area contributed by atoms with Crippen molar-refractivity contribution in [3.05, 3.63) is 29.3 Å². The zero-order valence-corrected chi connectivity index (χ0v) is 16.6. The first-order chi connectivity index (χ1) is 13.1. The van der Waals surface area contributed by atoms with Gasteiger partial charge >= 0.3 is 0 Å². The lowest BCUT2D eigenvalue weighted by Crippen LogP contribution is -2.50. The third kappa shape index (κ3) is 3.91.